The molecule has 1 aliphatic rings. The number of amides is 2. The highest BCUT2D eigenvalue weighted by Crippen LogP contribution is 2.25. The molecule has 0 unspecified atom stereocenters. The Kier molecular flexibility index (Phi) is 7.06. The summed E-state index contributed by atoms with van der Waals surface area (Å²) in [5, 5.41) is 5.91. The van der Waals surface area contributed by atoms with E-state index < -0.39 is 0 Å². The molecule has 1 aliphatic carbocycles. The van der Waals surface area contributed by atoms with Crippen LogP contribution in [-0.4, -0.2) is 25.0 Å². The first kappa shape index (κ1) is 19.9. The van der Waals surface area contributed by atoms with Crippen molar-refractivity contribution in [2.75, 3.05) is 12.4 Å². The van der Waals surface area contributed by atoms with Crippen LogP contribution in [0.25, 0.3) is 0 Å². The molecular formula is C23H28N2O3. The maximum atomic E-state index is 12.3. The highest BCUT2D eigenvalue weighted by molar-refractivity contribution is 5.93. The van der Waals surface area contributed by atoms with Crippen molar-refractivity contribution in [3.8, 4) is 5.75 Å². The molecule has 0 spiro atoms. The number of hydrogen-bond acceptors (Lipinski definition) is 3. The smallest absolute Gasteiger partial charge is 0.224 e. The van der Waals surface area contributed by atoms with E-state index in [4.69, 9.17) is 4.74 Å². The molecule has 3 rings (SSSR count). The highest BCUT2D eigenvalue weighted by atomic mass is 16.5. The standard InChI is InChI=1S/C23H28N2O3/c1-28-21-12-11-20(16-18(21)15-17-7-3-2-4-8-17)25-23(27)14-13-22(26)24-19-9-5-6-10-19/h2-4,7-8,11-12,16,19H,5-6,9-10,13-15H2,1H3,(H,24,26)(H,25,27). The quantitative estimate of drug-likeness (QED) is 0.726. The third kappa shape index (κ3) is 5.84. The average Bonchev–Trinajstić information content (AvgIpc) is 3.20. The fourth-order valence-corrected chi connectivity index (χ4v) is 3.63. The minimum atomic E-state index is -0.155. The maximum Gasteiger partial charge on any atom is 0.224 e. The molecule has 0 bridgehead atoms. The van der Waals surface area contributed by atoms with Crippen molar-refractivity contribution < 1.29 is 14.3 Å². The number of nitrogens with one attached hydrogen (secondary N) is 2. The van der Waals surface area contributed by atoms with E-state index in [1.54, 1.807) is 7.11 Å². The first-order chi connectivity index (χ1) is 13.6. The third-order valence-electron chi connectivity index (χ3n) is 5.10. The van der Waals surface area contributed by atoms with Gasteiger partial charge in [0, 0.05) is 36.6 Å². The molecule has 148 valence electrons. The van der Waals surface area contributed by atoms with Gasteiger partial charge < -0.3 is 15.4 Å². The van der Waals surface area contributed by atoms with Crippen molar-refractivity contribution in [1.82, 2.24) is 5.32 Å². The van der Waals surface area contributed by atoms with Crippen LogP contribution in [0.2, 0.25) is 0 Å². The van der Waals surface area contributed by atoms with Crippen molar-refractivity contribution in [1.29, 1.82) is 0 Å². The van der Waals surface area contributed by atoms with Gasteiger partial charge in [-0.3, -0.25) is 9.59 Å². The Morgan fingerprint density at radius 3 is 2.43 bits per heavy atom. The topological polar surface area (TPSA) is 67.4 Å². The van der Waals surface area contributed by atoms with Crippen LogP contribution < -0.4 is 15.4 Å². The number of anilines is 1. The molecule has 28 heavy (non-hydrogen) atoms. The van der Waals surface area contributed by atoms with Crippen LogP contribution in [0.4, 0.5) is 5.69 Å². The lowest BCUT2D eigenvalue weighted by Crippen LogP contribution is -2.33. The lowest BCUT2D eigenvalue weighted by Gasteiger charge is -2.13. The normalized spacial score (nSPS) is 13.9. The Hall–Kier alpha value is -2.82. The number of rotatable bonds is 8. The van der Waals surface area contributed by atoms with Gasteiger partial charge in [0.25, 0.3) is 0 Å². The van der Waals surface area contributed by atoms with Gasteiger partial charge in [-0.25, -0.2) is 0 Å². The summed E-state index contributed by atoms with van der Waals surface area (Å²) in [6, 6.07) is 16.0. The van der Waals surface area contributed by atoms with E-state index in [-0.39, 0.29) is 30.7 Å². The van der Waals surface area contributed by atoms with Crippen molar-refractivity contribution in [2.24, 2.45) is 0 Å². The Labute approximate surface area is 166 Å². The van der Waals surface area contributed by atoms with Gasteiger partial charge in [-0.1, -0.05) is 43.2 Å². The zero-order valence-corrected chi connectivity index (χ0v) is 16.4. The van der Waals surface area contributed by atoms with Crippen molar-refractivity contribution in [3.63, 3.8) is 0 Å². The van der Waals surface area contributed by atoms with Crippen LogP contribution in [0.3, 0.4) is 0 Å². The molecule has 5 heteroatoms. The fraction of sp³-hybridized carbons (Fsp3) is 0.391. The van der Waals surface area contributed by atoms with Gasteiger partial charge in [0.1, 0.15) is 5.75 Å². The molecule has 2 aromatic rings. The summed E-state index contributed by atoms with van der Waals surface area (Å²) >= 11 is 0. The van der Waals surface area contributed by atoms with E-state index in [9.17, 15) is 9.59 Å². The Bertz CT molecular complexity index is 799. The van der Waals surface area contributed by atoms with Gasteiger partial charge >= 0.3 is 0 Å². The van der Waals surface area contributed by atoms with Crippen molar-refractivity contribution in [3.05, 3.63) is 59.7 Å². The lowest BCUT2D eigenvalue weighted by molar-refractivity contribution is -0.124. The summed E-state index contributed by atoms with van der Waals surface area (Å²) in [7, 11) is 1.64. The Morgan fingerprint density at radius 1 is 1.00 bits per heavy atom. The SMILES string of the molecule is COc1ccc(NC(=O)CCC(=O)NC2CCCC2)cc1Cc1ccccc1. The number of methoxy groups -OCH3 is 1. The summed E-state index contributed by atoms with van der Waals surface area (Å²) < 4.78 is 5.45. The van der Waals surface area contributed by atoms with Gasteiger partial charge in [0.2, 0.25) is 11.8 Å². The van der Waals surface area contributed by atoms with E-state index in [1.807, 2.05) is 36.4 Å². The molecule has 2 aromatic carbocycles. The molecule has 1 fully saturated rings. The molecule has 2 N–H and O–H groups in total. The molecule has 0 heterocycles. The van der Waals surface area contributed by atoms with Crippen LogP contribution in [0, 0.1) is 0 Å². The van der Waals surface area contributed by atoms with Gasteiger partial charge in [0.15, 0.2) is 0 Å². The number of carbonyl (C=O) groups is 2. The summed E-state index contributed by atoms with van der Waals surface area (Å²) in [5.74, 6) is 0.594. The van der Waals surface area contributed by atoms with Crippen LogP contribution in [0.15, 0.2) is 48.5 Å². The van der Waals surface area contributed by atoms with Gasteiger partial charge in [-0.2, -0.15) is 0 Å². The number of ether oxygens (including phenoxy) is 1. The summed E-state index contributed by atoms with van der Waals surface area (Å²) in [5.41, 5.74) is 2.89. The second-order valence-electron chi connectivity index (χ2n) is 7.29. The molecule has 2 amide bonds. The van der Waals surface area contributed by atoms with Gasteiger partial charge in [-0.05, 0) is 36.6 Å². The molecular weight excluding hydrogens is 352 g/mol. The van der Waals surface area contributed by atoms with E-state index in [0.29, 0.717) is 5.69 Å². The molecule has 0 radical (unpaired) electrons. The Morgan fingerprint density at radius 2 is 1.71 bits per heavy atom. The third-order valence-corrected chi connectivity index (χ3v) is 5.10. The van der Waals surface area contributed by atoms with Crippen LogP contribution in [0.5, 0.6) is 5.75 Å². The van der Waals surface area contributed by atoms with Crippen LogP contribution >= 0.6 is 0 Å². The Balaban J connectivity index is 1.54. The molecule has 0 saturated heterocycles. The zero-order chi connectivity index (χ0) is 19.8. The van der Waals surface area contributed by atoms with Gasteiger partial charge in [-0.15, -0.1) is 0 Å². The maximum absolute atomic E-state index is 12.3. The van der Waals surface area contributed by atoms with Crippen LogP contribution in [0.1, 0.15) is 49.7 Å². The van der Waals surface area contributed by atoms with Gasteiger partial charge in [0.05, 0.1) is 7.11 Å². The second kappa shape index (κ2) is 9.93. The summed E-state index contributed by atoms with van der Waals surface area (Å²) in [6.07, 6.45) is 5.57. The second-order valence-corrected chi connectivity index (χ2v) is 7.29. The van der Waals surface area contributed by atoms with Crippen LogP contribution in [-0.2, 0) is 16.0 Å². The number of carbonyl (C=O) groups excluding carboxylic acids is 2. The number of benzene rings is 2. The largest absolute Gasteiger partial charge is 0.496 e. The van der Waals surface area contributed by atoms with Crippen molar-refractivity contribution in [2.45, 2.75) is 51.0 Å². The predicted molar refractivity (Wildman–Crippen MR) is 111 cm³/mol. The molecule has 0 aliphatic heterocycles. The van der Waals surface area contributed by atoms with E-state index in [0.717, 1.165) is 30.6 Å². The minimum Gasteiger partial charge on any atom is -0.496 e. The fourth-order valence-electron chi connectivity index (χ4n) is 3.63. The van der Waals surface area contributed by atoms with E-state index in [1.165, 1.54) is 18.4 Å². The number of hydrogen-bond donors (Lipinski definition) is 2. The molecule has 1 saturated carbocycles. The van der Waals surface area contributed by atoms with Crippen molar-refractivity contribution >= 4 is 17.5 Å². The first-order valence-corrected chi connectivity index (χ1v) is 9.94. The predicted octanol–water partition coefficient (Wildman–Crippen LogP) is 4.06. The first-order valence-electron chi connectivity index (χ1n) is 9.94. The lowest BCUT2D eigenvalue weighted by atomic mass is 10.0. The average molecular weight is 380 g/mol. The highest BCUT2D eigenvalue weighted by Gasteiger charge is 2.17. The molecule has 0 atom stereocenters. The minimum absolute atomic E-state index is 0.0402. The summed E-state index contributed by atoms with van der Waals surface area (Å²) in [4.78, 5) is 24.2. The molecule has 0 aromatic heterocycles. The van der Waals surface area contributed by atoms with E-state index >= 15 is 0 Å². The van der Waals surface area contributed by atoms with E-state index in [2.05, 4.69) is 22.8 Å². The molecule has 5 nitrogen and oxygen atoms in total. The zero-order valence-electron chi connectivity index (χ0n) is 16.4. The summed E-state index contributed by atoms with van der Waals surface area (Å²) in [6.45, 7) is 0. The monoisotopic (exact) mass is 380 g/mol.